The molecule has 1 rings (SSSR count). The van der Waals surface area contributed by atoms with Crippen molar-refractivity contribution in [2.24, 2.45) is 11.7 Å². The zero-order valence-electron chi connectivity index (χ0n) is 10.4. The number of carbonyl (C=O) groups is 1. The van der Waals surface area contributed by atoms with E-state index in [-0.39, 0.29) is 11.8 Å². The summed E-state index contributed by atoms with van der Waals surface area (Å²) in [7, 11) is 0. The summed E-state index contributed by atoms with van der Waals surface area (Å²) in [4.78, 5) is 14.6. The van der Waals surface area contributed by atoms with Gasteiger partial charge in [-0.25, -0.2) is 0 Å². The summed E-state index contributed by atoms with van der Waals surface area (Å²) in [5.41, 5.74) is 5.48. The molecule has 1 aliphatic carbocycles. The van der Waals surface area contributed by atoms with Crippen molar-refractivity contribution in [1.82, 2.24) is 4.90 Å². The molecular weight excluding hydrogens is 232 g/mol. The van der Waals surface area contributed by atoms with Crippen LogP contribution >= 0.6 is 12.2 Å². The zero-order chi connectivity index (χ0) is 12.7. The van der Waals surface area contributed by atoms with E-state index in [4.69, 9.17) is 18.0 Å². The van der Waals surface area contributed by atoms with E-state index in [9.17, 15) is 4.79 Å². The Hall–Kier alpha value is -0.900. The van der Waals surface area contributed by atoms with E-state index >= 15 is 0 Å². The lowest BCUT2D eigenvalue weighted by Gasteiger charge is -2.28. The molecule has 0 spiro atoms. The van der Waals surface area contributed by atoms with E-state index in [1.54, 1.807) is 6.08 Å². The van der Waals surface area contributed by atoms with Crippen LogP contribution in [0.4, 0.5) is 0 Å². The van der Waals surface area contributed by atoms with Crippen molar-refractivity contribution in [1.29, 1.82) is 0 Å². The molecule has 96 valence electrons. The van der Waals surface area contributed by atoms with Crippen molar-refractivity contribution in [2.75, 3.05) is 13.1 Å². The van der Waals surface area contributed by atoms with Gasteiger partial charge in [0.2, 0.25) is 5.91 Å². The number of nitrogens with two attached hydrogens (primary N) is 1. The van der Waals surface area contributed by atoms with Crippen molar-refractivity contribution < 1.29 is 4.79 Å². The first-order chi connectivity index (χ1) is 8.15. The van der Waals surface area contributed by atoms with Crippen LogP contribution in [-0.2, 0) is 4.79 Å². The number of hydrogen-bond acceptors (Lipinski definition) is 2. The fourth-order valence-corrected chi connectivity index (χ4v) is 2.39. The number of thiocarbonyl (C=S) groups is 1. The van der Waals surface area contributed by atoms with Crippen LogP contribution in [0.1, 0.15) is 38.5 Å². The van der Waals surface area contributed by atoms with Crippen molar-refractivity contribution in [2.45, 2.75) is 38.5 Å². The molecule has 0 aromatic rings. The molecule has 2 N–H and O–H groups in total. The standard InChI is InChI=1S/C13H22N2OS/c1-2-9-15(10-8-12(14)17)13(16)11-6-4-3-5-7-11/h2,11H,1,3-10H2,(H2,14,17). The second-order valence-electron chi connectivity index (χ2n) is 4.62. The summed E-state index contributed by atoms with van der Waals surface area (Å²) in [5.74, 6) is 0.455. The Morgan fingerprint density at radius 3 is 2.59 bits per heavy atom. The molecule has 0 heterocycles. The monoisotopic (exact) mass is 254 g/mol. The van der Waals surface area contributed by atoms with Crippen LogP contribution < -0.4 is 5.73 Å². The molecular formula is C13H22N2OS. The van der Waals surface area contributed by atoms with E-state index in [2.05, 4.69) is 6.58 Å². The van der Waals surface area contributed by atoms with Crippen LogP contribution in [0.2, 0.25) is 0 Å². The average Bonchev–Trinajstić information content (AvgIpc) is 2.34. The number of hydrogen-bond donors (Lipinski definition) is 1. The van der Waals surface area contributed by atoms with Gasteiger partial charge in [0.15, 0.2) is 0 Å². The lowest BCUT2D eigenvalue weighted by Crippen LogP contribution is -2.38. The fraction of sp³-hybridized carbons (Fsp3) is 0.692. The van der Waals surface area contributed by atoms with E-state index in [0.717, 1.165) is 12.8 Å². The highest BCUT2D eigenvalue weighted by atomic mass is 32.1. The molecule has 1 aliphatic rings. The van der Waals surface area contributed by atoms with Gasteiger partial charge in [-0.2, -0.15) is 0 Å². The largest absolute Gasteiger partial charge is 0.393 e. The van der Waals surface area contributed by atoms with Crippen LogP contribution in [0.5, 0.6) is 0 Å². The zero-order valence-corrected chi connectivity index (χ0v) is 11.2. The summed E-state index contributed by atoms with van der Waals surface area (Å²) < 4.78 is 0. The first kappa shape index (κ1) is 14.2. The molecule has 0 unspecified atom stereocenters. The molecule has 0 radical (unpaired) electrons. The molecule has 0 bridgehead atoms. The molecule has 1 amide bonds. The highest BCUT2D eigenvalue weighted by Gasteiger charge is 2.25. The van der Waals surface area contributed by atoms with E-state index < -0.39 is 0 Å². The van der Waals surface area contributed by atoms with Gasteiger partial charge in [-0.05, 0) is 12.8 Å². The Morgan fingerprint density at radius 2 is 2.06 bits per heavy atom. The molecule has 0 atom stereocenters. The lowest BCUT2D eigenvalue weighted by molar-refractivity contribution is -0.135. The van der Waals surface area contributed by atoms with Gasteiger partial charge in [-0.3, -0.25) is 4.79 Å². The Kier molecular flexibility index (Phi) is 6.19. The van der Waals surface area contributed by atoms with Crippen LogP contribution in [0.15, 0.2) is 12.7 Å². The minimum Gasteiger partial charge on any atom is -0.393 e. The van der Waals surface area contributed by atoms with Crippen LogP contribution in [-0.4, -0.2) is 28.9 Å². The maximum Gasteiger partial charge on any atom is 0.225 e. The number of nitrogens with zero attached hydrogens (tertiary/aromatic N) is 1. The van der Waals surface area contributed by atoms with E-state index in [1.807, 2.05) is 4.90 Å². The maximum absolute atomic E-state index is 12.3. The van der Waals surface area contributed by atoms with E-state index in [0.29, 0.717) is 24.5 Å². The average molecular weight is 254 g/mol. The van der Waals surface area contributed by atoms with Gasteiger partial charge in [0.25, 0.3) is 0 Å². The van der Waals surface area contributed by atoms with Crippen molar-refractivity contribution in [3.05, 3.63) is 12.7 Å². The molecule has 17 heavy (non-hydrogen) atoms. The number of rotatable bonds is 6. The third-order valence-electron chi connectivity index (χ3n) is 3.24. The molecule has 0 saturated heterocycles. The predicted molar refractivity (Wildman–Crippen MR) is 74.8 cm³/mol. The van der Waals surface area contributed by atoms with Gasteiger partial charge >= 0.3 is 0 Å². The van der Waals surface area contributed by atoms with Crippen LogP contribution in [0.3, 0.4) is 0 Å². The fourth-order valence-electron chi connectivity index (χ4n) is 2.30. The summed E-state index contributed by atoms with van der Waals surface area (Å²) in [6, 6.07) is 0. The number of amides is 1. The first-order valence-corrected chi connectivity index (χ1v) is 6.74. The minimum absolute atomic E-state index is 0.204. The van der Waals surface area contributed by atoms with Gasteiger partial charge in [0.1, 0.15) is 0 Å². The van der Waals surface area contributed by atoms with Gasteiger partial charge in [-0.1, -0.05) is 37.6 Å². The van der Waals surface area contributed by atoms with Crippen LogP contribution in [0.25, 0.3) is 0 Å². The molecule has 0 aliphatic heterocycles. The van der Waals surface area contributed by atoms with Gasteiger partial charge in [-0.15, -0.1) is 6.58 Å². The highest BCUT2D eigenvalue weighted by Crippen LogP contribution is 2.25. The van der Waals surface area contributed by atoms with Crippen molar-refractivity contribution >= 4 is 23.1 Å². The molecule has 1 fully saturated rings. The summed E-state index contributed by atoms with van der Waals surface area (Å²) in [6.07, 6.45) is 8.03. The Morgan fingerprint density at radius 1 is 1.41 bits per heavy atom. The normalized spacial score (nSPS) is 16.5. The SMILES string of the molecule is C=CCN(CCC(N)=S)C(=O)C1CCCCC1. The number of carbonyl (C=O) groups excluding carboxylic acids is 1. The topological polar surface area (TPSA) is 46.3 Å². The molecule has 0 aromatic heterocycles. The summed E-state index contributed by atoms with van der Waals surface area (Å²) in [6.45, 7) is 4.91. The minimum atomic E-state index is 0.204. The highest BCUT2D eigenvalue weighted by molar-refractivity contribution is 7.80. The third kappa shape index (κ3) is 4.86. The second-order valence-corrected chi connectivity index (χ2v) is 5.15. The predicted octanol–water partition coefficient (Wildman–Crippen LogP) is 2.26. The summed E-state index contributed by atoms with van der Waals surface area (Å²) in [5, 5.41) is 0. The summed E-state index contributed by atoms with van der Waals surface area (Å²) >= 11 is 4.86. The van der Waals surface area contributed by atoms with Crippen molar-refractivity contribution in [3.8, 4) is 0 Å². The van der Waals surface area contributed by atoms with Crippen molar-refractivity contribution in [3.63, 3.8) is 0 Å². The molecule has 4 heteroatoms. The van der Waals surface area contributed by atoms with Gasteiger partial charge in [0, 0.05) is 25.4 Å². The second kappa shape index (κ2) is 7.43. The Labute approximate surface area is 109 Å². The Bertz CT molecular complexity index is 285. The first-order valence-electron chi connectivity index (χ1n) is 6.33. The smallest absolute Gasteiger partial charge is 0.225 e. The van der Waals surface area contributed by atoms with E-state index in [1.165, 1.54) is 19.3 Å². The van der Waals surface area contributed by atoms with Gasteiger partial charge in [0.05, 0.1) is 4.99 Å². The third-order valence-corrected chi connectivity index (χ3v) is 3.45. The quantitative estimate of drug-likeness (QED) is 0.584. The Balaban J connectivity index is 2.51. The lowest BCUT2D eigenvalue weighted by atomic mass is 9.88. The van der Waals surface area contributed by atoms with Crippen LogP contribution in [0, 0.1) is 5.92 Å². The molecule has 3 nitrogen and oxygen atoms in total. The van der Waals surface area contributed by atoms with Gasteiger partial charge < -0.3 is 10.6 Å². The maximum atomic E-state index is 12.3. The molecule has 0 aromatic carbocycles. The molecule has 1 saturated carbocycles.